The number of hydrogen-bond donors (Lipinski definition) is 0. The van der Waals surface area contributed by atoms with Gasteiger partial charge in [-0.15, -0.1) is 0 Å². The van der Waals surface area contributed by atoms with Crippen LogP contribution in [0.2, 0.25) is 0 Å². The zero-order valence-corrected chi connectivity index (χ0v) is 20.1. The molecule has 2 unspecified atom stereocenters. The summed E-state index contributed by atoms with van der Waals surface area (Å²) in [4.78, 5) is 28.7. The highest BCUT2D eigenvalue weighted by molar-refractivity contribution is 7.91. The number of sulfone groups is 1. The molecule has 2 aliphatic rings. The number of benzene rings is 3. The van der Waals surface area contributed by atoms with Crippen LogP contribution >= 0.6 is 0 Å². The number of carbonyl (C=O) groups excluding carboxylic acids is 1. The standard InChI is InChI=1S/C28H23NO6S/c30-26-22-8-4-5-9-23(22)35-27-24(26)25(29(28(27)31)20-14-15-36(32,33)17-20)19-10-12-21(13-11-19)34-16-18-6-2-1-3-7-18/h1-13,20,25H,14-17H2. The number of para-hydroxylation sites is 1. The fourth-order valence-corrected chi connectivity index (χ4v) is 6.83. The summed E-state index contributed by atoms with van der Waals surface area (Å²) in [6.07, 6.45) is 0.324. The van der Waals surface area contributed by atoms with E-state index < -0.39 is 27.8 Å². The summed E-state index contributed by atoms with van der Waals surface area (Å²) in [5.41, 5.74) is 2.04. The molecule has 3 heterocycles. The van der Waals surface area contributed by atoms with E-state index in [9.17, 15) is 18.0 Å². The summed E-state index contributed by atoms with van der Waals surface area (Å²) in [5, 5.41) is 0.387. The van der Waals surface area contributed by atoms with Gasteiger partial charge in [-0.2, -0.15) is 0 Å². The number of rotatable bonds is 5. The van der Waals surface area contributed by atoms with Crippen LogP contribution in [0.4, 0.5) is 0 Å². The fourth-order valence-electron chi connectivity index (χ4n) is 5.12. The topological polar surface area (TPSA) is 93.9 Å². The average molecular weight is 502 g/mol. The third-order valence-corrected chi connectivity index (χ3v) is 8.61. The van der Waals surface area contributed by atoms with Gasteiger partial charge in [-0.05, 0) is 41.8 Å². The van der Waals surface area contributed by atoms with Gasteiger partial charge in [0.05, 0.1) is 28.5 Å². The largest absolute Gasteiger partial charge is 0.489 e. The van der Waals surface area contributed by atoms with Crippen LogP contribution in [-0.2, 0) is 16.4 Å². The molecule has 1 aromatic heterocycles. The van der Waals surface area contributed by atoms with Gasteiger partial charge in [0.2, 0.25) is 5.76 Å². The Kier molecular flexibility index (Phi) is 5.41. The van der Waals surface area contributed by atoms with Crippen molar-refractivity contribution in [2.45, 2.75) is 25.1 Å². The highest BCUT2D eigenvalue weighted by Crippen LogP contribution is 2.41. The Balaban J connectivity index is 1.41. The van der Waals surface area contributed by atoms with Gasteiger partial charge in [0.25, 0.3) is 5.91 Å². The van der Waals surface area contributed by atoms with Crippen molar-refractivity contribution in [2.24, 2.45) is 0 Å². The molecule has 0 bridgehead atoms. The second-order valence-electron chi connectivity index (χ2n) is 9.19. The summed E-state index contributed by atoms with van der Waals surface area (Å²) in [7, 11) is -3.26. The van der Waals surface area contributed by atoms with E-state index in [1.54, 1.807) is 36.4 Å². The van der Waals surface area contributed by atoms with Crippen molar-refractivity contribution in [3.8, 4) is 5.75 Å². The lowest BCUT2D eigenvalue weighted by atomic mass is 9.97. The van der Waals surface area contributed by atoms with Gasteiger partial charge in [0.15, 0.2) is 15.3 Å². The molecule has 36 heavy (non-hydrogen) atoms. The number of ether oxygens (including phenoxy) is 1. The Morgan fingerprint density at radius 1 is 0.917 bits per heavy atom. The van der Waals surface area contributed by atoms with Crippen LogP contribution < -0.4 is 10.2 Å². The average Bonchev–Trinajstić information content (AvgIpc) is 3.40. The minimum Gasteiger partial charge on any atom is -0.489 e. The van der Waals surface area contributed by atoms with Crippen molar-refractivity contribution in [1.82, 2.24) is 4.90 Å². The van der Waals surface area contributed by atoms with E-state index in [0.29, 0.717) is 35.3 Å². The Morgan fingerprint density at radius 3 is 2.36 bits per heavy atom. The lowest BCUT2D eigenvalue weighted by molar-refractivity contribution is 0.0662. The van der Waals surface area contributed by atoms with Crippen molar-refractivity contribution < 1.29 is 22.4 Å². The van der Waals surface area contributed by atoms with E-state index in [1.807, 2.05) is 42.5 Å². The van der Waals surface area contributed by atoms with E-state index >= 15 is 0 Å². The second kappa shape index (κ2) is 8.64. The molecule has 0 saturated carbocycles. The van der Waals surface area contributed by atoms with Crippen molar-refractivity contribution in [3.63, 3.8) is 0 Å². The van der Waals surface area contributed by atoms with Gasteiger partial charge in [-0.1, -0.05) is 54.6 Å². The first-order valence-corrected chi connectivity index (χ1v) is 13.6. The first kappa shape index (κ1) is 22.5. The molecular formula is C28H23NO6S. The Labute approximate surface area is 207 Å². The maximum absolute atomic E-state index is 13.6. The molecule has 7 nitrogen and oxygen atoms in total. The highest BCUT2D eigenvalue weighted by Gasteiger charge is 2.48. The van der Waals surface area contributed by atoms with Gasteiger partial charge >= 0.3 is 0 Å². The van der Waals surface area contributed by atoms with Crippen molar-refractivity contribution in [2.75, 3.05) is 11.5 Å². The monoisotopic (exact) mass is 501 g/mol. The number of nitrogens with zero attached hydrogens (tertiary/aromatic N) is 1. The second-order valence-corrected chi connectivity index (χ2v) is 11.4. The van der Waals surface area contributed by atoms with E-state index in [2.05, 4.69) is 0 Å². The lowest BCUT2D eigenvalue weighted by Crippen LogP contribution is -2.40. The molecule has 6 rings (SSSR count). The highest BCUT2D eigenvalue weighted by atomic mass is 32.2. The summed E-state index contributed by atoms with van der Waals surface area (Å²) >= 11 is 0. The Bertz CT molecular complexity index is 1630. The van der Waals surface area contributed by atoms with Crippen LogP contribution in [0.15, 0.2) is 88.1 Å². The van der Waals surface area contributed by atoms with E-state index in [4.69, 9.17) is 9.15 Å². The molecule has 1 saturated heterocycles. The molecule has 0 spiro atoms. The van der Waals surface area contributed by atoms with Gasteiger partial charge in [-0.25, -0.2) is 8.42 Å². The zero-order chi connectivity index (χ0) is 24.9. The number of amides is 1. The quantitative estimate of drug-likeness (QED) is 0.409. The molecule has 1 amide bonds. The van der Waals surface area contributed by atoms with E-state index in [-0.39, 0.29) is 28.3 Å². The molecule has 2 aliphatic heterocycles. The molecule has 0 N–H and O–H groups in total. The van der Waals surface area contributed by atoms with Gasteiger partial charge in [0, 0.05) is 6.04 Å². The Morgan fingerprint density at radius 2 is 1.64 bits per heavy atom. The fraction of sp³-hybridized carbons (Fsp3) is 0.214. The lowest BCUT2D eigenvalue weighted by Gasteiger charge is -2.30. The van der Waals surface area contributed by atoms with Crippen LogP contribution in [0.25, 0.3) is 11.0 Å². The zero-order valence-electron chi connectivity index (χ0n) is 19.3. The first-order valence-electron chi connectivity index (χ1n) is 11.8. The minimum atomic E-state index is -3.26. The van der Waals surface area contributed by atoms with Crippen molar-refractivity contribution in [3.05, 3.63) is 112 Å². The van der Waals surface area contributed by atoms with Crippen LogP contribution in [0, 0.1) is 0 Å². The molecule has 3 aromatic carbocycles. The van der Waals surface area contributed by atoms with E-state index in [1.165, 1.54) is 4.90 Å². The van der Waals surface area contributed by atoms with Crippen LogP contribution in [-0.4, -0.2) is 36.8 Å². The molecule has 182 valence electrons. The van der Waals surface area contributed by atoms with Gasteiger partial charge in [-0.3, -0.25) is 9.59 Å². The minimum absolute atomic E-state index is 0.0140. The van der Waals surface area contributed by atoms with Crippen molar-refractivity contribution in [1.29, 1.82) is 0 Å². The molecule has 0 aliphatic carbocycles. The maximum atomic E-state index is 13.6. The smallest absolute Gasteiger partial charge is 0.291 e. The number of fused-ring (bicyclic) bond motifs is 2. The van der Waals surface area contributed by atoms with Crippen molar-refractivity contribution >= 4 is 26.7 Å². The third kappa shape index (κ3) is 3.87. The third-order valence-electron chi connectivity index (χ3n) is 6.86. The summed E-state index contributed by atoms with van der Waals surface area (Å²) in [6, 6.07) is 22.6. The maximum Gasteiger partial charge on any atom is 0.291 e. The molecule has 0 radical (unpaired) electrons. The van der Waals surface area contributed by atoms with Crippen LogP contribution in [0.5, 0.6) is 5.75 Å². The molecule has 4 aromatic rings. The predicted octanol–water partition coefficient (Wildman–Crippen LogP) is 4.10. The molecule has 8 heteroatoms. The number of hydrogen-bond acceptors (Lipinski definition) is 6. The van der Waals surface area contributed by atoms with Crippen LogP contribution in [0.3, 0.4) is 0 Å². The molecular weight excluding hydrogens is 478 g/mol. The normalized spacial score (nSPS) is 20.6. The van der Waals surface area contributed by atoms with Crippen LogP contribution in [0.1, 0.15) is 39.7 Å². The number of carbonyl (C=O) groups is 1. The summed E-state index contributed by atoms with van der Waals surface area (Å²) in [5.74, 6) is 0.0597. The van der Waals surface area contributed by atoms with E-state index in [0.717, 1.165) is 5.56 Å². The molecule has 1 fully saturated rings. The molecule has 2 atom stereocenters. The van der Waals surface area contributed by atoms with Gasteiger partial charge < -0.3 is 14.1 Å². The SMILES string of the molecule is O=C1c2oc3ccccc3c(=O)c2C(c2ccc(OCc3ccccc3)cc2)N1C1CCS(=O)(=O)C1. The predicted molar refractivity (Wildman–Crippen MR) is 135 cm³/mol. The Hall–Kier alpha value is -3.91. The first-order chi connectivity index (χ1) is 17.4. The summed E-state index contributed by atoms with van der Waals surface area (Å²) in [6.45, 7) is 0.409. The van der Waals surface area contributed by atoms with Gasteiger partial charge in [0.1, 0.15) is 17.9 Å². The summed E-state index contributed by atoms with van der Waals surface area (Å²) < 4.78 is 36.4.